The summed E-state index contributed by atoms with van der Waals surface area (Å²) in [5, 5.41) is 8.80. The first kappa shape index (κ1) is 31.6. The van der Waals surface area contributed by atoms with Crippen molar-refractivity contribution in [2.45, 2.75) is 104 Å². The number of rotatable bonds is 6. The van der Waals surface area contributed by atoms with Crippen LogP contribution in [0.15, 0.2) is 42.6 Å². The maximum Gasteiger partial charge on any atom is 0.413 e. The van der Waals surface area contributed by atoms with Crippen LogP contribution in [-0.4, -0.2) is 60.8 Å². The van der Waals surface area contributed by atoms with Crippen LogP contribution >= 0.6 is 0 Å². The Morgan fingerprint density at radius 3 is 2.59 bits per heavy atom. The predicted octanol–water partition coefficient (Wildman–Crippen LogP) is 6.58. The maximum absolute atomic E-state index is 14.9. The van der Waals surface area contributed by atoms with E-state index >= 15 is 0 Å². The molecule has 3 atom stereocenters. The predicted molar refractivity (Wildman–Crippen MR) is 160 cm³/mol. The van der Waals surface area contributed by atoms with Crippen LogP contribution in [0, 0.1) is 18.6 Å². The summed E-state index contributed by atoms with van der Waals surface area (Å²) < 4.78 is 43.1. The van der Waals surface area contributed by atoms with Crippen LogP contribution in [0.5, 0.6) is 0 Å². The number of likely N-dealkylation sites (tertiary alicyclic amines) is 1. The minimum Gasteiger partial charge on any atom is -0.444 e. The van der Waals surface area contributed by atoms with E-state index in [1.165, 1.54) is 12.1 Å². The summed E-state index contributed by atoms with van der Waals surface area (Å²) in [4.78, 5) is 29.8. The number of aromatic nitrogens is 3. The van der Waals surface area contributed by atoms with E-state index in [9.17, 15) is 18.4 Å². The molecule has 3 aromatic rings. The molecule has 44 heavy (non-hydrogen) atoms. The standard InChI is InChI=1S/C33H41F2N5O4/c1-20-14-16-23(34)28(29(20)35)26-13-10-18-38(26)27(41)17-15-22-11-8-9-12-25(22)39-19-24(36-37-39)30-21(2)43-33(6,7)40(30)31(42)44-32(3,4)5/h8-9,11-12,14,16,19,21,26,30H,10,13,15,17-18H2,1-7H3/t21-,26?,30+/m1/s1. The Morgan fingerprint density at radius 2 is 1.86 bits per heavy atom. The smallest absolute Gasteiger partial charge is 0.413 e. The highest BCUT2D eigenvalue weighted by Gasteiger charge is 2.51. The van der Waals surface area contributed by atoms with Crippen molar-refractivity contribution in [2.24, 2.45) is 0 Å². The number of para-hydroxylation sites is 1. The lowest BCUT2D eigenvalue weighted by atomic mass is 10.00. The minimum atomic E-state index is -0.924. The molecule has 2 amide bonds. The molecule has 0 radical (unpaired) electrons. The minimum absolute atomic E-state index is 0.0277. The largest absolute Gasteiger partial charge is 0.444 e. The number of halogens is 2. The van der Waals surface area contributed by atoms with Crippen molar-refractivity contribution in [1.82, 2.24) is 24.8 Å². The summed E-state index contributed by atoms with van der Waals surface area (Å²) in [6, 6.07) is 9.10. The van der Waals surface area contributed by atoms with E-state index in [-0.39, 0.29) is 24.0 Å². The summed E-state index contributed by atoms with van der Waals surface area (Å²) in [5.74, 6) is -1.37. The molecule has 1 unspecified atom stereocenters. The van der Waals surface area contributed by atoms with Crippen LogP contribution < -0.4 is 0 Å². The van der Waals surface area contributed by atoms with Gasteiger partial charge in [0.1, 0.15) is 34.7 Å². The van der Waals surface area contributed by atoms with Gasteiger partial charge in [-0.15, -0.1) is 5.10 Å². The lowest BCUT2D eigenvalue weighted by Gasteiger charge is -2.34. The van der Waals surface area contributed by atoms with Crippen LogP contribution in [0.2, 0.25) is 0 Å². The molecule has 0 aliphatic carbocycles. The van der Waals surface area contributed by atoms with Crippen molar-refractivity contribution in [1.29, 1.82) is 0 Å². The first-order chi connectivity index (χ1) is 20.7. The second kappa shape index (κ2) is 11.9. The Morgan fingerprint density at radius 1 is 1.14 bits per heavy atom. The average Bonchev–Trinajstić information content (AvgIpc) is 3.66. The van der Waals surface area contributed by atoms with Crippen LogP contribution in [-0.2, 0) is 20.7 Å². The molecule has 5 rings (SSSR count). The van der Waals surface area contributed by atoms with Gasteiger partial charge >= 0.3 is 6.09 Å². The molecule has 2 aliphatic rings. The molecule has 0 spiro atoms. The highest BCUT2D eigenvalue weighted by molar-refractivity contribution is 5.77. The van der Waals surface area contributed by atoms with E-state index < -0.39 is 41.1 Å². The van der Waals surface area contributed by atoms with E-state index in [0.29, 0.717) is 37.1 Å². The molecule has 0 bridgehead atoms. The topological polar surface area (TPSA) is 89.8 Å². The van der Waals surface area contributed by atoms with Gasteiger partial charge in [-0.3, -0.25) is 9.69 Å². The quantitative estimate of drug-likeness (QED) is 0.314. The fourth-order valence-electron chi connectivity index (χ4n) is 6.35. The summed E-state index contributed by atoms with van der Waals surface area (Å²) >= 11 is 0. The number of hydrogen-bond donors (Lipinski definition) is 0. The second-order valence-corrected chi connectivity index (χ2v) is 13.1. The lowest BCUT2D eigenvalue weighted by Crippen LogP contribution is -2.47. The van der Waals surface area contributed by atoms with Crippen LogP contribution in [0.3, 0.4) is 0 Å². The zero-order chi connectivity index (χ0) is 32.0. The van der Waals surface area contributed by atoms with Gasteiger partial charge in [0.05, 0.1) is 24.0 Å². The fourth-order valence-corrected chi connectivity index (χ4v) is 6.35. The molecule has 2 saturated heterocycles. The third-order valence-corrected chi connectivity index (χ3v) is 8.25. The molecule has 9 nitrogen and oxygen atoms in total. The van der Waals surface area contributed by atoms with Crippen LogP contribution in [0.1, 0.15) is 95.3 Å². The van der Waals surface area contributed by atoms with Crippen molar-refractivity contribution in [3.05, 3.63) is 76.6 Å². The third kappa shape index (κ3) is 6.20. The first-order valence-corrected chi connectivity index (χ1v) is 15.1. The molecule has 1 aromatic heterocycles. The monoisotopic (exact) mass is 609 g/mol. The van der Waals surface area contributed by atoms with Gasteiger partial charge in [-0.2, -0.15) is 0 Å². The van der Waals surface area contributed by atoms with Gasteiger partial charge < -0.3 is 14.4 Å². The number of hydrogen-bond acceptors (Lipinski definition) is 6. The molecule has 2 aliphatic heterocycles. The van der Waals surface area contributed by atoms with Crippen molar-refractivity contribution in [3.8, 4) is 5.69 Å². The van der Waals surface area contributed by atoms with E-state index in [0.717, 1.165) is 11.3 Å². The molecule has 236 valence electrons. The number of amides is 2. The highest BCUT2D eigenvalue weighted by atomic mass is 19.1. The van der Waals surface area contributed by atoms with Crippen molar-refractivity contribution in [2.75, 3.05) is 6.54 Å². The van der Waals surface area contributed by atoms with Gasteiger partial charge in [-0.05, 0) is 91.0 Å². The maximum atomic E-state index is 14.9. The number of benzene rings is 2. The molecule has 0 N–H and O–H groups in total. The highest BCUT2D eigenvalue weighted by Crippen LogP contribution is 2.42. The Kier molecular flexibility index (Phi) is 8.54. The van der Waals surface area contributed by atoms with E-state index in [4.69, 9.17) is 9.47 Å². The molecule has 2 aromatic carbocycles. The Balaban J connectivity index is 1.35. The van der Waals surface area contributed by atoms with Gasteiger partial charge in [-0.25, -0.2) is 18.3 Å². The van der Waals surface area contributed by atoms with Crippen LogP contribution in [0.25, 0.3) is 5.69 Å². The molecule has 3 heterocycles. The zero-order valence-electron chi connectivity index (χ0n) is 26.4. The Hall–Kier alpha value is -3.86. The molecular formula is C33H41F2N5O4. The normalized spacial score (nSPS) is 21.6. The average molecular weight is 610 g/mol. The zero-order valence-corrected chi connectivity index (χ0v) is 26.4. The third-order valence-electron chi connectivity index (χ3n) is 8.25. The Bertz CT molecular complexity index is 1550. The van der Waals surface area contributed by atoms with Gasteiger partial charge in [0, 0.05) is 18.5 Å². The molecule has 2 fully saturated rings. The first-order valence-electron chi connectivity index (χ1n) is 15.1. The van der Waals surface area contributed by atoms with E-state index in [2.05, 4.69) is 10.3 Å². The molecular weight excluding hydrogens is 568 g/mol. The van der Waals surface area contributed by atoms with Gasteiger partial charge in [0.2, 0.25) is 5.91 Å². The fraction of sp³-hybridized carbons (Fsp3) is 0.515. The van der Waals surface area contributed by atoms with Gasteiger partial charge in [0.15, 0.2) is 0 Å². The molecule has 11 heteroatoms. The summed E-state index contributed by atoms with van der Waals surface area (Å²) in [6.45, 7) is 13.0. The van der Waals surface area contributed by atoms with Gasteiger partial charge in [-0.1, -0.05) is 29.5 Å². The van der Waals surface area contributed by atoms with Crippen molar-refractivity contribution < 1.29 is 27.8 Å². The number of carbonyl (C=O) groups is 2. The van der Waals surface area contributed by atoms with Gasteiger partial charge in [0.25, 0.3) is 0 Å². The van der Waals surface area contributed by atoms with E-state index in [1.807, 2.05) is 65.8 Å². The molecule has 0 saturated carbocycles. The number of ether oxygens (including phenoxy) is 2. The van der Waals surface area contributed by atoms with Crippen molar-refractivity contribution >= 4 is 12.0 Å². The van der Waals surface area contributed by atoms with Crippen LogP contribution in [0.4, 0.5) is 13.6 Å². The SMILES string of the molecule is Cc1ccc(F)c(C2CCCN2C(=O)CCc2ccccc2-n2cc([C@@H]3[C@@H](C)OC(C)(C)N3C(=O)OC(C)(C)C)nn2)c1F. The summed E-state index contributed by atoms with van der Waals surface area (Å²) in [5.41, 5.74) is 0.866. The van der Waals surface area contributed by atoms with E-state index in [1.54, 1.807) is 27.6 Å². The van der Waals surface area contributed by atoms with Crippen molar-refractivity contribution in [3.63, 3.8) is 0 Å². The summed E-state index contributed by atoms with van der Waals surface area (Å²) in [6.07, 6.45) is 2.65. The number of aryl methyl sites for hydroxylation is 2. The second-order valence-electron chi connectivity index (χ2n) is 13.1. The number of nitrogens with zero attached hydrogens (tertiary/aromatic N) is 5. The summed E-state index contributed by atoms with van der Waals surface area (Å²) in [7, 11) is 0. The lowest BCUT2D eigenvalue weighted by molar-refractivity contribution is -0.132. The Labute approximate surface area is 257 Å². The number of carbonyl (C=O) groups excluding carboxylic acids is 2.